The molecule has 0 amide bonds. The predicted molar refractivity (Wildman–Crippen MR) is 164 cm³/mol. The first-order valence-electron chi connectivity index (χ1n) is 15.6. The minimum Gasteiger partial charge on any atom is -0.455 e. The number of hydrogen-bond acceptors (Lipinski definition) is 3. The Balaban J connectivity index is 1.62. The standard InChI is InChI=1S/C35H56NO3/c1-6-7-8-9-10-11-12-13-14-15-16-18-22-32-25-21-26-34(27-32)38-31(3)39-35(37)30(2)28-36(4,5)29-33-23-19-17-20-24-33/h17,19-21,23-27,30-31H,6-16,18,22,28-29H2,1-5H3/q+1. The lowest BCUT2D eigenvalue weighted by atomic mass is 10.0. The molecule has 39 heavy (non-hydrogen) atoms. The Morgan fingerprint density at radius 2 is 1.31 bits per heavy atom. The fraction of sp³-hybridized carbons (Fsp3) is 0.629. The average Bonchev–Trinajstić information content (AvgIpc) is 2.89. The van der Waals surface area contributed by atoms with Crippen molar-refractivity contribution in [3.8, 4) is 5.75 Å². The fourth-order valence-corrected chi connectivity index (χ4v) is 5.40. The number of unbranched alkanes of at least 4 members (excludes halogenated alkanes) is 11. The molecule has 2 rings (SSSR count). The molecule has 0 saturated carbocycles. The summed E-state index contributed by atoms with van der Waals surface area (Å²) in [7, 11) is 4.30. The normalized spacial score (nSPS) is 13.2. The van der Waals surface area contributed by atoms with Crippen molar-refractivity contribution in [2.45, 2.75) is 117 Å². The third-order valence-corrected chi connectivity index (χ3v) is 7.43. The van der Waals surface area contributed by atoms with Gasteiger partial charge in [-0.2, -0.15) is 0 Å². The van der Waals surface area contributed by atoms with Gasteiger partial charge >= 0.3 is 5.97 Å². The lowest BCUT2D eigenvalue weighted by Gasteiger charge is -2.32. The predicted octanol–water partition coefficient (Wildman–Crippen LogP) is 9.11. The highest BCUT2D eigenvalue weighted by molar-refractivity contribution is 5.72. The molecule has 2 atom stereocenters. The van der Waals surface area contributed by atoms with Crippen LogP contribution in [-0.4, -0.2) is 37.4 Å². The number of benzene rings is 2. The summed E-state index contributed by atoms with van der Waals surface area (Å²) in [5.74, 6) is 0.334. The zero-order valence-electron chi connectivity index (χ0n) is 25.6. The van der Waals surface area contributed by atoms with E-state index >= 15 is 0 Å². The van der Waals surface area contributed by atoms with Gasteiger partial charge in [0.1, 0.15) is 18.2 Å². The molecule has 0 aliphatic carbocycles. The van der Waals surface area contributed by atoms with Crippen LogP contribution in [0.3, 0.4) is 0 Å². The summed E-state index contributed by atoms with van der Waals surface area (Å²) in [6, 6.07) is 18.6. The smallest absolute Gasteiger partial charge is 0.317 e. The molecule has 0 saturated heterocycles. The van der Waals surface area contributed by atoms with Crippen molar-refractivity contribution < 1.29 is 18.8 Å². The third-order valence-electron chi connectivity index (χ3n) is 7.43. The molecule has 0 spiro atoms. The molecular formula is C35H56NO3+. The quantitative estimate of drug-likeness (QED) is 0.0688. The third kappa shape index (κ3) is 15.1. The van der Waals surface area contributed by atoms with Gasteiger partial charge in [0, 0.05) is 12.5 Å². The number of quaternary nitrogens is 1. The Labute approximate surface area is 239 Å². The molecule has 2 aromatic carbocycles. The Morgan fingerprint density at radius 3 is 1.92 bits per heavy atom. The molecule has 218 valence electrons. The Morgan fingerprint density at radius 1 is 0.744 bits per heavy atom. The maximum absolute atomic E-state index is 12.8. The SMILES string of the molecule is CCCCCCCCCCCCCCc1cccc(OC(C)OC(=O)C(C)C[N+](C)(C)Cc2ccccc2)c1. The molecule has 0 aliphatic heterocycles. The first-order valence-corrected chi connectivity index (χ1v) is 15.6. The van der Waals surface area contributed by atoms with Crippen LogP contribution in [0, 0.1) is 5.92 Å². The largest absolute Gasteiger partial charge is 0.455 e. The number of carbonyl (C=O) groups is 1. The summed E-state index contributed by atoms with van der Waals surface area (Å²) in [5, 5.41) is 0. The van der Waals surface area contributed by atoms with Crippen molar-refractivity contribution in [3.63, 3.8) is 0 Å². The Kier molecular flexibility index (Phi) is 15.9. The van der Waals surface area contributed by atoms with Crippen molar-refractivity contribution in [2.24, 2.45) is 5.92 Å². The van der Waals surface area contributed by atoms with Gasteiger partial charge in [0.25, 0.3) is 0 Å². The summed E-state index contributed by atoms with van der Waals surface area (Å²) < 4.78 is 12.3. The molecule has 0 aliphatic rings. The fourth-order valence-electron chi connectivity index (χ4n) is 5.40. The number of nitrogens with zero attached hydrogens (tertiary/aromatic N) is 1. The monoisotopic (exact) mass is 538 g/mol. The van der Waals surface area contributed by atoms with Gasteiger partial charge in [0.15, 0.2) is 0 Å². The summed E-state index contributed by atoms with van der Waals surface area (Å²) >= 11 is 0. The van der Waals surface area contributed by atoms with Crippen molar-refractivity contribution in [1.29, 1.82) is 0 Å². The van der Waals surface area contributed by atoms with E-state index in [1.54, 1.807) is 6.92 Å². The topological polar surface area (TPSA) is 35.5 Å². The number of esters is 1. The molecule has 2 aromatic rings. The maximum Gasteiger partial charge on any atom is 0.317 e. The minimum absolute atomic E-state index is 0.214. The second kappa shape index (κ2) is 18.9. The number of hydrogen-bond donors (Lipinski definition) is 0. The molecule has 4 heteroatoms. The summed E-state index contributed by atoms with van der Waals surface area (Å²) in [5.41, 5.74) is 2.55. The van der Waals surface area contributed by atoms with E-state index in [0.717, 1.165) is 23.2 Å². The highest BCUT2D eigenvalue weighted by Crippen LogP contribution is 2.19. The van der Waals surface area contributed by atoms with E-state index in [2.05, 4.69) is 57.4 Å². The van der Waals surface area contributed by atoms with Crippen LogP contribution in [-0.2, 0) is 22.5 Å². The van der Waals surface area contributed by atoms with E-state index in [-0.39, 0.29) is 11.9 Å². The maximum atomic E-state index is 12.8. The van der Waals surface area contributed by atoms with Gasteiger partial charge in [0.05, 0.1) is 20.6 Å². The molecule has 2 unspecified atom stereocenters. The summed E-state index contributed by atoms with van der Waals surface area (Å²) in [4.78, 5) is 12.8. The second-order valence-electron chi connectivity index (χ2n) is 12.1. The number of carbonyl (C=O) groups excluding carboxylic acids is 1. The van der Waals surface area contributed by atoms with E-state index < -0.39 is 6.29 Å². The number of rotatable bonds is 21. The van der Waals surface area contributed by atoms with Crippen molar-refractivity contribution in [3.05, 3.63) is 65.7 Å². The zero-order valence-corrected chi connectivity index (χ0v) is 25.6. The van der Waals surface area contributed by atoms with E-state index in [1.165, 1.54) is 88.2 Å². The van der Waals surface area contributed by atoms with Gasteiger partial charge in [-0.05, 0) is 37.5 Å². The van der Waals surface area contributed by atoms with Crippen LogP contribution in [0.4, 0.5) is 0 Å². The van der Waals surface area contributed by atoms with Gasteiger partial charge in [-0.3, -0.25) is 4.79 Å². The summed E-state index contributed by atoms with van der Waals surface area (Å²) in [6.45, 7) is 7.59. The van der Waals surface area contributed by atoms with Crippen molar-refractivity contribution in [1.82, 2.24) is 0 Å². The van der Waals surface area contributed by atoms with Crippen LogP contribution in [0.15, 0.2) is 54.6 Å². The van der Waals surface area contributed by atoms with Gasteiger partial charge in [-0.25, -0.2) is 0 Å². The first kappa shape index (κ1) is 32.9. The van der Waals surface area contributed by atoms with Gasteiger partial charge in [-0.15, -0.1) is 0 Å². The van der Waals surface area contributed by atoms with Crippen molar-refractivity contribution in [2.75, 3.05) is 20.6 Å². The van der Waals surface area contributed by atoms with Crippen LogP contribution < -0.4 is 4.74 Å². The molecule has 0 N–H and O–H groups in total. The van der Waals surface area contributed by atoms with Gasteiger partial charge < -0.3 is 14.0 Å². The number of aryl methyl sites for hydroxylation is 1. The Bertz CT molecular complexity index is 911. The van der Waals surface area contributed by atoms with E-state index in [1.807, 2.05) is 25.1 Å². The average molecular weight is 539 g/mol. The molecular weight excluding hydrogens is 482 g/mol. The molecule has 0 fully saturated rings. The van der Waals surface area contributed by atoms with E-state index in [4.69, 9.17) is 9.47 Å². The number of ether oxygens (including phenoxy) is 2. The lowest BCUT2D eigenvalue weighted by Crippen LogP contribution is -2.44. The van der Waals surface area contributed by atoms with E-state index in [0.29, 0.717) is 6.54 Å². The van der Waals surface area contributed by atoms with Crippen LogP contribution >= 0.6 is 0 Å². The van der Waals surface area contributed by atoms with Crippen LogP contribution in [0.25, 0.3) is 0 Å². The van der Waals surface area contributed by atoms with Crippen molar-refractivity contribution >= 4 is 5.97 Å². The summed E-state index contributed by atoms with van der Waals surface area (Å²) in [6.07, 6.45) is 16.8. The lowest BCUT2D eigenvalue weighted by molar-refractivity contribution is -0.905. The molecule has 4 nitrogen and oxygen atoms in total. The highest BCUT2D eigenvalue weighted by Gasteiger charge is 2.27. The van der Waals surface area contributed by atoms with Crippen LogP contribution in [0.5, 0.6) is 5.75 Å². The van der Waals surface area contributed by atoms with E-state index in [9.17, 15) is 4.79 Å². The second-order valence-corrected chi connectivity index (χ2v) is 12.1. The molecule has 0 bridgehead atoms. The highest BCUT2D eigenvalue weighted by atomic mass is 16.7. The molecule has 0 aromatic heterocycles. The van der Waals surface area contributed by atoms with Crippen LogP contribution in [0.2, 0.25) is 0 Å². The Hall–Kier alpha value is -2.33. The minimum atomic E-state index is -0.619. The molecule has 0 heterocycles. The zero-order chi connectivity index (χ0) is 28.3. The molecule has 0 radical (unpaired) electrons. The first-order chi connectivity index (χ1) is 18.8. The van der Waals surface area contributed by atoms with Crippen LogP contribution in [0.1, 0.15) is 109 Å². The van der Waals surface area contributed by atoms with Gasteiger partial charge in [0.2, 0.25) is 6.29 Å². The van der Waals surface area contributed by atoms with Gasteiger partial charge in [-0.1, -0.05) is 120 Å².